The largest absolute Gasteiger partial charge is 1.00 e. The Labute approximate surface area is 129 Å². The zero-order valence-corrected chi connectivity index (χ0v) is 12.0. The average Bonchev–Trinajstić information content (AvgIpc) is 2.45. The first-order valence-corrected chi connectivity index (χ1v) is 6.85. The van der Waals surface area contributed by atoms with E-state index >= 15 is 0 Å². The van der Waals surface area contributed by atoms with Gasteiger partial charge in [0.1, 0.15) is 0 Å². The molecule has 1 unspecified atom stereocenters. The number of rotatable bonds is 6. The molecule has 2 aromatic rings. The van der Waals surface area contributed by atoms with Crippen molar-refractivity contribution in [3.8, 4) is 0 Å². The van der Waals surface area contributed by atoms with Crippen molar-refractivity contribution in [2.45, 2.75) is 32.1 Å². The van der Waals surface area contributed by atoms with Crippen LogP contribution in [-0.4, -0.2) is 0 Å². The maximum Gasteiger partial charge on any atom is 1.00 e. The van der Waals surface area contributed by atoms with Gasteiger partial charge in [0.25, 0.3) is 0 Å². The van der Waals surface area contributed by atoms with Crippen LogP contribution < -0.4 is 18.9 Å². The molecule has 0 saturated carbocycles. The van der Waals surface area contributed by atoms with Gasteiger partial charge in [-0.25, -0.2) is 0 Å². The van der Waals surface area contributed by atoms with E-state index in [4.69, 9.17) is 0 Å². The molecule has 0 nitrogen and oxygen atoms in total. The van der Waals surface area contributed by atoms with Gasteiger partial charge in [0.15, 0.2) is 0 Å². The van der Waals surface area contributed by atoms with Gasteiger partial charge in [0.2, 0.25) is 0 Å². The molecule has 2 rings (SSSR count). The van der Waals surface area contributed by atoms with Crippen molar-refractivity contribution in [1.82, 2.24) is 0 Å². The van der Waals surface area contributed by atoms with Crippen LogP contribution in [0.15, 0.2) is 60.7 Å². The van der Waals surface area contributed by atoms with Gasteiger partial charge in [0.05, 0.1) is 0 Å². The van der Waals surface area contributed by atoms with Crippen LogP contribution >= 0.6 is 0 Å². The summed E-state index contributed by atoms with van der Waals surface area (Å²) in [6.45, 7) is 2.25. The molecule has 0 amide bonds. The number of unbranched alkanes of at least 4 members (excludes halogenated alkanes) is 1. The summed E-state index contributed by atoms with van der Waals surface area (Å²) in [5.74, 6) is 0.536. The van der Waals surface area contributed by atoms with E-state index in [1.54, 1.807) is 0 Å². The van der Waals surface area contributed by atoms with E-state index < -0.39 is 0 Å². The quantitative estimate of drug-likeness (QED) is 0.540. The molecule has 0 saturated heterocycles. The van der Waals surface area contributed by atoms with E-state index in [-0.39, 0.29) is 18.9 Å². The van der Waals surface area contributed by atoms with Gasteiger partial charge in [-0.15, -0.1) is 12.1 Å². The summed E-state index contributed by atoms with van der Waals surface area (Å²) >= 11 is 0. The maximum atomic E-state index is 2.39. The number of benzene rings is 2. The Hall–Kier alpha value is -1.09. The summed E-state index contributed by atoms with van der Waals surface area (Å²) in [7, 11) is 0. The Bertz CT molecular complexity index is 436. The third kappa shape index (κ3) is 5.19. The van der Waals surface area contributed by atoms with E-state index in [1.165, 1.54) is 30.4 Å². The molecule has 0 fully saturated rings. The molecule has 0 aromatic heterocycles. The third-order valence-electron chi connectivity index (χ3n) is 3.29. The summed E-state index contributed by atoms with van der Waals surface area (Å²) in [6, 6.07) is 21.5. The standard InChI is InChI=1S/C18H21.Li/c1-2-3-12-18(17-13-8-5-9-14-17)15-16-10-6-4-7-11-16;/h4-11,13-15,18H,2-3,12H2,1H3;/q-1;+1. The van der Waals surface area contributed by atoms with Crippen LogP contribution in [0.3, 0.4) is 0 Å². The molecule has 0 N–H and O–H groups in total. The number of hydrogen-bond donors (Lipinski definition) is 0. The molecule has 0 heterocycles. The first kappa shape index (κ1) is 16.0. The first-order chi connectivity index (χ1) is 8.90. The Morgan fingerprint density at radius 1 is 0.895 bits per heavy atom. The summed E-state index contributed by atoms with van der Waals surface area (Å²) < 4.78 is 0. The van der Waals surface area contributed by atoms with Crippen molar-refractivity contribution in [3.05, 3.63) is 78.2 Å². The summed E-state index contributed by atoms with van der Waals surface area (Å²) in [5.41, 5.74) is 2.75. The normalized spacial score (nSPS) is 11.4. The molecule has 0 aliphatic rings. The Morgan fingerprint density at radius 3 is 2.05 bits per heavy atom. The fraction of sp³-hybridized carbons (Fsp3) is 0.278. The third-order valence-corrected chi connectivity index (χ3v) is 3.29. The van der Waals surface area contributed by atoms with E-state index in [0.717, 1.165) is 0 Å². The van der Waals surface area contributed by atoms with Gasteiger partial charge >= 0.3 is 18.9 Å². The topological polar surface area (TPSA) is 0 Å². The summed E-state index contributed by atoms with van der Waals surface area (Å²) in [6.07, 6.45) is 6.16. The molecule has 2 aromatic carbocycles. The second-order valence-corrected chi connectivity index (χ2v) is 4.74. The van der Waals surface area contributed by atoms with Crippen molar-refractivity contribution in [3.63, 3.8) is 0 Å². The predicted octanol–water partition coefficient (Wildman–Crippen LogP) is 2.22. The van der Waals surface area contributed by atoms with Crippen LogP contribution in [0.4, 0.5) is 0 Å². The van der Waals surface area contributed by atoms with E-state index in [2.05, 4.69) is 74.0 Å². The van der Waals surface area contributed by atoms with Crippen LogP contribution in [0.25, 0.3) is 0 Å². The van der Waals surface area contributed by atoms with Gasteiger partial charge in [-0.2, -0.15) is 24.1 Å². The Kier molecular flexibility index (Phi) is 7.49. The van der Waals surface area contributed by atoms with Crippen molar-refractivity contribution in [2.75, 3.05) is 0 Å². The van der Waals surface area contributed by atoms with E-state index in [9.17, 15) is 0 Å². The summed E-state index contributed by atoms with van der Waals surface area (Å²) in [5, 5.41) is 0. The average molecular weight is 244 g/mol. The monoisotopic (exact) mass is 244 g/mol. The fourth-order valence-corrected chi connectivity index (χ4v) is 2.27. The van der Waals surface area contributed by atoms with E-state index in [0.29, 0.717) is 5.92 Å². The Balaban J connectivity index is 0.00000180. The molecule has 0 aliphatic carbocycles. The van der Waals surface area contributed by atoms with E-state index in [1.807, 2.05) is 0 Å². The van der Waals surface area contributed by atoms with Gasteiger partial charge in [-0.05, 0) is 5.92 Å². The molecule has 1 heteroatoms. The second kappa shape index (κ2) is 8.91. The van der Waals surface area contributed by atoms with Crippen LogP contribution in [-0.2, 0) is 0 Å². The smallest absolute Gasteiger partial charge is 0.191 e. The molecule has 0 spiro atoms. The van der Waals surface area contributed by atoms with Gasteiger partial charge < -0.3 is 0 Å². The minimum Gasteiger partial charge on any atom is -0.191 e. The first-order valence-electron chi connectivity index (χ1n) is 6.85. The molecule has 0 bridgehead atoms. The molecule has 1 atom stereocenters. The van der Waals surface area contributed by atoms with Gasteiger partial charge in [-0.1, -0.05) is 68.1 Å². The van der Waals surface area contributed by atoms with Crippen molar-refractivity contribution in [2.24, 2.45) is 0 Å². The van der Waals surface area contributed by atoms with Crippen LogP contribution in [0.1, 0.15) is 43.2 Å². The maximum absolute atomic E-state index is 2.39. The minimum absolute atomic E-state index is 0. The zero-order valence-electron chi connectivity index (χ0n) is 12.0. The molecular weight excluding hydrogens is 223 g/mol. The van der Waals surface area contributed by atoms with Gasteiger partial charge in [-0.3, -0.25) is 0 Å². The van der Waals surface area contributed by atoms with Gasteiger partial charge in [0, 0.05) is 0 Å². The molecule has 0 radical (unpaired) electrons. The van der Waals surface area contributed by atoms with Crippen LogP contribution in [0.5, 0.6) is 0 Å². The molecule has 19 heavy (non-hydrogen) atoms. The second-order valence-electron chi connectivity index (χ2n) is 4.74. The fourth-order valence-electron chi connectivity index (χ4n) is 2.27. The predicted molar refractivity (Wildman–Crippen MR) is 78.6 cm³/mol. The molecular formula is C18H21Li. The number of hydrogen-bond acceptors (Lipinski definition) is 0. The SMILES string of the molecule is CCCCC([CH-]c1ccccc1)c1ccccc1.[Li+]. The molecule has 94 valence electrons. The van der Waals surface area contributed by atoms with Crippen LogP contribution in [0, 0.1) is 6.42 Å². The van der Waals surface area contributed by atoms with Crippen molar-refractivity contribution >= 4 is 0 Å². The molecule has 0 aliphatic heterocycles. The van der Waals surface area contributed by atoms with Crippen molar-refractivity contribution < 1.29 is 18.9 Å². The summed E-state index contributed by atoms with van der Waals surface area (Å²) in [4.78, 5) is 0. The Morgan fingerprint density at radius 2 is 1.47 bits per heavy atom. The van der Waals surface area contributed by atoms with Crippen LogP contribution in [0.2, 0.25) is 0 Å². The minimum atomic E-state index is 0. The van der Waals surface area contributed by atoms with Crippen molar-refractivity contribution in [1.29, 1.82) is 0 Å². The zero-order chi connectivity index (χ0) is 12.6.